The zero-order valence-corrected chi connectivity index (χ0v) is 11.3. The number of nitrogens with zero attached hydrogens (tertiary/aromatic N) is 1. The van der Waals surface area contributed by atoms with Crippen LogP contribution in [0.1, 0.15) is 58.3 Å². The lowest BCUT2D eigenvalue weighted by atomic mass is 9.88. The number of nitrogens with two attached hydrogens (primary N) is 1. The fraction of sp³-hybridized carbons (Fsp3) is 1.00. The second-order valence-electron chi connectivity index (χ2n) is 6.78. The van der Waals surface area contributed by atoms with Crippen molar-refractivity contribution in [3.63, 3.8) is 0 Å². The van der Waals surface area contributed by atoms with Crippen LogP contribution in [0.15, 0.2) is 0 Å². The van der Waals surface area contributed by atoms with Crippen molar-refractivity contribution in [3.8, 4) is 0 Å². The molecule has 1 heterocycles. The van der Waals surface area contributed by atoms with E-state index in [2.05, 4.69) is 11.8 Å². The Kier molecular flexibility index (Phi) is 3.20. The Bertz CT molecular complexity index is 268. The van der Waals surface area contributed by atoms with Crippen LogP contribution in [-0.4, -0.2) is 29.6 Å². The molecular formula is C15H28N2. The molecule has 2 unspecified atom stereocenters. The lowest BCUT2D eigenvalue weighted by molar-refractivity contribution is 0.0502. The van der Waals surface area contributed by atoms with E-state index in [0.29, 0.717) is 5.54 Å². The van der Waals surface area contributed by atoms with Gasteiger partial charge in [0.25, 0.3) is 0 Å². The summed E-state index contributed by atoms with van der Waals surface area (Å²) in [5.74, 6) is 1.89. The van der Waals surface area contributed by atoms with Crippen LogP contribution in [0.3, 0.4) is 0 Å². The van der Waals surface area contributed by atoms with Gasteiger partial charge in [0.05, 0.1) is 0 Å². The Balaban J connectivity index is 1.75. The molecule has 0 spiro atoms. The summed E-state index contributed by atoms with van der Waals surface area (Å²) in [6.07, 6.45) is 11.6. The highest BCUT2D eigenvalue weighted by Gasteiger charge is 2.49. The largest absolute Gasteiger partial charge is 0.329 e. The molecule has 0 aromatic carbocycles. The van der Waals surface area contributed by atoms with Crippen molar-refractivity contribution in [1.29, 1.82) is 0 Å². The first-order valence-corrected chi connectivity index (χ1v) is 7.72. The van der Waals surface area contributed by atoms with E-state index in [1.807, 2.05) is 0 Å². The molecule has 3 fully saturated rings. The SMILES string of the molecule is CC(CN)(C1CC1)N1CCCC1C1CCCC1. The molecule has 3 rings (SSSR count). The second kappa shape index (κ2) is 4.55. The van der Waals surface area contributed by atoms with E-state index in [1.54, 1.807) is 0 Å². The van der Waals surface area contributed by atoms with Crippen molar-refractivity contribution in [3.05, 3.63) is 0 Å². The summed E-state index contributed by atoms with van der Waals surface area (Å²) in [7, 11) is 0. The van der Waals surface area contributed by atoms with Gasteiger partial charge in [0.15, 0.2) is 0 Å². The van der Waals surface area contributed by atoms with Crippen molar-refractivity contribution in [1.82, 2.24) is 4.90 Å². The van der Waals surface area contributed by atoms with E-state index in [9.17, 15) is 0 Å². The molecule has 17 heavy (non-hydrogen) atoms. The molecule has 2 saturated carbocycles. The minimum Gasteiger partial charge on any atom is -0.329 e. The Labute approximate surface area is 106 Å². The standard InChI is InChI=1S/C15H28N2/c1-15(11-16,13-8-9-13)17-10-4-7-14(17)12-5-2-3-6-12/h12-14H,2-11,16H2,1H3. The van der Waals surface area contributed by atoms with Gasteiger partial charge < -0.3 is 5.73 Å². The fourth-order valence-corrected chi connectivity index (χ4v) is 4.48. The van der Waals surface area contributed by atoms with Gasteiger partial charge in [-0.25, -0.2) is 0 Å². The van der Waals surface area contributed by atoms with Crippen LogP contribution >= 0.6 is 0 Å². The van der Waals surface area contributed by atoms with Crippen LogP contribution in [-0.2, 0) is 0 Å². The summed E-state index contributed by atoms with van der Waals surface area (Å²) in [4.78, 5) is 2.83. The summed E-state index contributed by atoms with van der Waals surface area (Å²) in [6, 6.07) is 0.867. The van der Waals surface area contributed by atoms with Crippen molar-refractivity contribution in [2.45, 2.75) is 69.9 Å². The van der Waals surface area contributed by atoms with Crippen LogP contribution in [0.5, 0.6) is 0 Å². The first-order valence-electron chi connectivity index (χ1n) is 7.72. The van der Waals surface area contributed by atoms with Gasteiger partial charge in [-0.1, -0.05) is 12.8 Å². The third-order valence-electron chi connectivity index (χ3n) is 5.77. The summed E-state index contributed by atoms with van der Waals surface area (Å²) < 4.78 is 0. The van der Waals surface area contributed by atoms with E-state index in [4.69, 9.17) is 5.73 Å². The third kappa shape index (κ3) is 2.04. The highest BCUT2D eigenvalue weighted by atomic mass is 15.3. The number of hydrogen-bond donors (Lipinski definition) is 1. The molecule has 2 atom stereocenters. The van der Waals surface area contributed by atoms with Gasteiger partial charge in [-0.15, -0.1) is 0 Å². The average Bonchev–Trinajstić information content (AvgIpc) is 2.88. The highest BCUT2D eigenvalue weighted by Crippen LogP contribution is 2.47. The van der Waals surface area contributed by atoms with Crippen LogP contribution < -0.4 is 5.73 Å². The van der Waals surface area contributed by atoms with E-state index in [1.165, 1.54) is 57.9 Å². The first-order chi connectivity index (χ1) is 8.25. The number of likely N-dealkylation sites (tertiary alicyclic amines) is 1. The average molecular weight is 236 g/mol. The molecule has 2 nitrogen and oxygen atoms in total. The molecule has 3 aliphatic rings. The van der Waals surface area contributed by atoms with Crippen LogP contribution in [0, 0.1) is 11.8 Å². The topological polar surface area (TPSA) is 29.3 Å². The molecule has 2 aliphatic carbocycles. The molecule has 0 amide bonds. The maximum Gasteiger partial charge on any atom is 0.0334 e. The third-order valence-corrected chi connectivity index (χ3v) is 5.77. The Hall–Kier alpha value is -0.0800. The van der Waals surface area contributed by atoms with Gasteiger partial charge in [-0.3, -0.25) is 4.90 Å². The summed E-state index contributed by atoms with van der Waals surface area (Å²) >= 11 is 0. The Morgan fingerprint density at radius 2 is 1.76 bits per heavy atom. The van der Waals surface area contributed by atoms with Crippen molar-refractivity contribution < 1.29 is 0 Å². The van der Waals surface area contributed by atoms with Crippen LogP contribution in [0.25, 0.3) is 0 Å². The molecule has 1 saturated heterocycles. The van der Waals surface area contributed by atoms with E-state index in [0.717, 1.165) is 24.4 Å². The van der Waals surface area contributed by atoms with E-state index < -0.39 is 0 Å². The normalized spacial score (nSPS) is 35.3. The molecule has 0 radical (unpaired) electrons. The van der Waals surface area contributed by atoms with Gasteiger partial charge in [0, 0.05) is 18.1 Å². The molecule has 0 aromatic rings. The van der Waals surface area contributed by atoms with Crippen molar-refractivity contribution in [2.24, 2.45) is 17.6 Å². The van der Waals surface area contributed by atoms with Crippen LogP contribution in [0.4, 0.5) is 0 Å². The molecule has 0 bridgehead atoms. The van der Waals surface area contributed by atoms with Crippen molar-refractivity contribution >= 4 is 0 Å². The number of hydrogen-bond acceptors (Lipinski definition) is 2. The first kappa shape index (κ1) is 12.0. The Morgan fingerprint density at radius 1 is 1.06 bits per heavy atom. The van der Waals surface area contributed by atoms with E-state index >= 15 is 0 Å². The maximum absolute atomic E-state index is 6.15. The minimum absolute atomic E-state index is 0.323. The number of rotatable bonds is 4. The fourth-order valence-electron chi connectivity index (χ4n) is 4.48. The lowest BCUT2D eigenvalue weighted by Crippen LogP contribution is -2.56. The van der Waals surface area contributed by atoms with E-state index in [-0.39, 0.29) is 0 Å². The molecule has 0 aromatic heterocycles. The van der Waals surface area contributed by atoms with Gasteiger partial charge in [0.2, 0.25) is 0 Å². The summed E-state index contributed by atoms with van der Waals surface area (Å²) in [5.41, 5.74) is 6.47. The quantitative estimate of drug-likeness (QED) is 0.813. The zero-order chi connectivity index (χ0) is 11.9. The summed E-state index contributed by atoms with van der Waals surface area (Å²) in [6.45, 7) is 4.62. The lowest BCUT2D eigenvalue weighted by Gasteiger charge is -2.44. The second-order valence-corrected chi connectivity index (χ2v) is 6.78. The van der Waals surface area contributed by atoms with Crippen LogP contribution in [0.2, 0.25) is 0 Å². The van der Waals surface area contributed by atoms with Crippen molar-refractivity contribution in [2.75, 3.05) is 13.1 Å². The molecule has 98 valence electrons. The maximum atomic E-state index is 6.15. The zero-order valence-electron chi connectivity index (χ0n) is 11.3. The predicted molar refractivity (Wildman–Crippen MR) is 71.9 cm³/mol. The molecule has 2 N–H and O–H groups in total. The smallest absolute Gasteiger partial charge is 0.0334 e. The highest BCUT2D eigenvalue weighted by molar-refractivity contribution is 5.05. The van der Waals surface area contributed by atoms with Gasteiger partial charge in [-0.05, 0) is 63.8 Å². The monoisotopic (exact) mass is 236 g/mol. The molecule has 1 aliphatic heterocycles. The van der Waals surface area contributed by atoms with Gasteiger partial charge in [0.1, 0.15) is 0 Å². The predicted octanol–water partition coefficient (Wildman–Crippen LogP) is 2.77. The minimum atomic E-state index is 0.323. The summed E-state index contributed by atoms with van der Waals surface area (Å²) in [5, 5.41) is 0. The van der Waals surface area contributed by atoms with Gasteiger partial charge in [-0.2, -0.15) is 0 Å². The molecular weight excluding hydrogens is 208 g/mol. The molecule has 2 heteroatoms. The Morgan fingerprint density at radius 3 is 2.35 bits per heavy atom. The van der Waals surface area contributed by atoms with Gasteiger partial charge >= 0.3 is 0 Å².